The number of esters is 1. The van der Waals surface area contributed by atoms with Crippen LogP contribution in [0.1, 0.15) is 24.2 Å². The minimum Gasteiger partial charge on any atom is -0.492 e. The first-order chi connectivity index (χ1) is 14.9. The van der Waals surface area contributed by atoms with Crippen molar-refractivity contribution in [1.29, 1.82) is 0 Å². The summed E-state index contributed by atoms with van der Waals surface area (Å²) in [6.07, 6.45) is 1.71. The molecule has 0 saturated heterocycles. The van der Waals surface area contributed by atoms with Crippen molar-refractivity contribution in [1.82, 2.24) is 4.98 Å². The zero-order valence-corrected chi connectivity index (χ0v) is 18.2. The maximum atomic E-state index is 12.7. The van der Waals surface area contributed by atoms with Crippen molar-refractivity contribution in [2.24, 2.45) is 5.41 Å². The van der Waals surface area contributed by atoms with Gasteiger partial charge < -0.3 is 24.1 Å². The van der Waals surface area contributed by atoms with Crippen LogP contribution in [0.15, 0.2) is 30.5 Å². The van der Waals surface area contributed by atoms with Crippen LogP contribution < -0.4 is 14.2 Å². The standard InChI is InChI=1S/C24H25NO6/c1-24(2,11-26)12-31-23(27)13-6-7-14-16(10-13)19-17-15(8-9-25-19)20(28-3)22(30-5)21(29-4)18(14)17/h6-10,26H,11-12H2,1-5H3. The highest BCUT2D eigenvalue weighted by Crippen LogP contribution is 2.57. The first-order valence-corrected chi connectivity index (χ1v) is 9.90. The average Bonchev–Trinajstić information content (AvgIpc) is 3.12. The van der Waals surface area contributed by atoms with Crippen LogP contribution in [-0.4, -0.2) is 50.6 Å². The molecule has 1 N–H and O–H groups in total. The third-order valence-corrected chi connectivity index (χ3v) is 5.50. The fourth-order valence-corrected chi connectivity index (χ4v) is 3.88. The van der Waals surface area contributed by atoms with Crippen molar-refractivity contribution < 1.29 is 28.8 Å². The maximum absolute atomic E-state index is 12.7. The third-order valence-electron chi connectivity index (χ3n) is 5.50. The van der Waals surface area contributed by atoms with Crippen molar-refractivity contribution in [3.05, 3.63) is 36.0 Å². The van der Waals surface area contributed by atoms with E-state index >= 15 is 0 Å². The number of aliphatic hydroxyl groups excluding tert-OH is 1. The van der Waals surface area contributed by atoms with Crippen molar-refractivity contribution in [2.45, 2.75) is 13.8 Å². The summed E-state index contributed by atoms with van der Waals surface area (Å²) in [5, 5.41) is 11.1. The second-order valence-corrected chi connectivity index (χ2v) is 8.22. The Kier molecular flexibility index (Phi) is 5.23. The monoisotopic (exact) mass is 423 g/mol. The van der Waals surface area contributed by atoms with Crippen molar-refractivity contribution in [3.8, 4) is 39.6 Å². The van der Waals surface area contributed by atoms with Gasteiger partial charge in [0.05, 0.1) is 45.8 Å². The van der Waals surface area contributed by atoms with Crippen LogP contribution in [0.3, 0.4) is 0 Å². The summed E-state index contributed by atoms with van der Waals surface area (Å²) in [4.78, 5) is 17.2. The molecule has 162 valence electrons. The Balaban J connectivity index is 1.86. The van der Waals surface area contributed by atoms with E-state index in [1.165, 1.54) is 0 Å². The number of hydrogen-bond donors (Lipinski definition) is 1. The minimum atomic E-state index is -0.504. The molecular formula is C24H25NO6. The van der Waals surface area contributed by atoms with Gasteiger partial charge in [0.15, 0.2) is 11.5 Å². The van der Waals surface area contributed by atoms with Gasteiger partial charge in [-0.05, 0) is 23.8 Å². The highest BCUT2D eigenvalue weighted by Gasteiger charge is 2.32. The maximum Gasteiger partial charge on any atom is 0.338 e. The molecule has 0 amide bonds. The van der Waals surface area contributed by atoms with E-state index in [1.807, 2.05) is 26.0 Å². The zero-order valence-electron chi connectivity index (χ0n) is 18.2. The van der Waals surface area contributed by atoms with Gasteiger partial charge in [-0.25, -0.2) is 4.79 Å². The van der Waals surface area contributed by atoms with E-state index in [1.54, 1.807) is 39.7 Å². The molecule has 7 nitrogen and oxygen atoms in total. The largest absolute Gasteiger partial charge is 0.492 e. The number of rotatable bonds is 7. The molecule has 0 spiro atoms. The van der Waals surface area contributed by atoms with E-state index in [9.17, 15) is 9.90 Å². The molecule has 2 aromatic carbocycles. The summed E-state index contributed by atoms with van der Waals surface area (Å²) in [5.74, 6) is 1.18. The molecule has 31 heavy (non-hydrogen) atoms. The lowest BCUT2D eigenvalue weighted by molar-refractivity contribution is 0.0219. The lowest BCUT2D eigenvalue weighted by Crippen LogP contribution is -2.25. The molecular weight excluding hydrogens is 398 g/mol. The Morgan fingerprint density at radius 2 is 1.71 bits per heavy atom. The number of carbonyl (C=O) groups excluding carboxylic acids is 1. The number of carbonyl (C=O) groups is 1. The SMILES string of the molecule is COc1c(OC)c2c3c(nccc3c1OC)-c1cc(C(=O)OCC(C)(C)CO)ccc1-2. The number of fused-ring (bicyclic) bond motifs is 3. The Morgan fingerprint density at radius 3 is 2.35 bits per heavy atom. The normalized spacial score (nSPS) is 11.9. The van der Waals surface area contributed by atoms with Crippen molar-refractivity contribution in [2.75, 3.05) is 34.5 Å². The minimum absolute atomic E-state index is 0.0743. The topological polar surface area (TPSA) is 87.1 Å². The Morgan fingerprint density at radius 1 is 1.00 bits per heavy atom. The molecule has 1 aliphatic carbocycles. The van der Waals surface area contributed by atoms with E-state index in [0.717, 1.165) is 33.2 Å². The smallest absolute Gasteiger partial charge is 0.338 e. The van der Waals surface area contributed by atoms with Gasteiger partial charge in [-0.2, -0.15) is 0 Å². The first kappa shape index (κ1) is 20.9. The summed E-state index contributed by atoms with van der Waals surface area (Å²) in [5.41, 5.74) is 3.21. The Labute approximate surface area is 180 Å². The quantitative estimate of drug-likeness (QED) is 0.448. The molecule has 4 rings (SSSR count). The zero-order chi connectivity index (χ0) is 22.3. The van der Waals surface area contributed by atoms with Gasteiger partial charge in [0.25, 0.3) is 0 Å². The predicted octanol–water partition coefficient (Wildman–Crippen LogP) is 4.08. The van der Waals surface area contributed by atoms with Crippen LogP contribution in [0.2, 0.25) is 0 Å². The molecule has 3 aromatic rings. The van der Waals surface area contributed by atoms with Gasteiger partial charge in [0, 0.05) is 33.5 Å². The molecule has 0 aliphatic heterocycles. The van der Waals surface area contributed by atoms with Crippen molar-refractivity contribution >= 4 is 16.7 Å². The summed E-state index contributed by atoms with van der Waals surface area (Å²) in [7, 11) is 4.75. The van der Waals surface area contributed by atoms with Gasteiger partial charge in [0.1, 0.15) is 0 Å². The summed E-state index contributed by atoms with van der Waals surface area (Å²) in [6, 6.07) is 7.25. The van der Waals surface area contributed by atoms with Gasteiger partial charge in [-0.3, -0.25) is 4.98 Å². The predicted molar refractivity (Wildman–Crippen MR) is 117 cm³/mol. The summed E-state index contributed by atoms with van der Waals surface area (Å²) in [6.45, 7) is 3.71. The number of pyridine rings is 1. The average molecular weight is 423 g/mol. The van der Waals surface area contributed by atoms with Crippen LogP contribution in [0.5, 0.6) is 17.2 Å². The highest BCUT2D eigenvalue weighted by molar-refractivity contribution is 6.19. The Hall–Kier alpha value is -3.32. The molecule has 7 heteroatoms. The number of aliphatic hydroxyl groups is 1. The fourth-order valence-electron chi connectivity index (χ4n) is 3.88. The second-order valence-electron chi connectivity index (χ2n) is 8.22. The van der Waals surface area contributed by atoms with Crippen LogP contribution in [0.4, 0.5) is 0 Å². The van der Waals surface area contributed by atoms with Gasteiger partial charge >= 0.3 is 5.97 Å². The number of methoxy groups -OCH3 is 3. The number of ether oxygens (including phenoxy) is 4. The number of hydrogen-bond acceptors (Lipinski definition) is 7. The Bertz CT molecular complexity index is 1180. The molecule has 0 saturated carbocycles. The third kappa shape index (κ3) is 3.25. The second kappa shape index (κ2) is 7.74. The van der Waals surface area contributed by atoms with E-state index in [4.69, 9.17) is 18.9 Å². The van der Waals surface area contributed by atoms with E-state index in [0.29, 0.717) is 22.8 Å². The molecule has 1 heterocycles. The van der Waals surface area contributed by atoms with Gasteiger partial charge in [-0.1, -0.05) is 19.9 Å². The van der Waals surface area contributed by atoms with Crippen LogP contribution in [-0.2, 0) is 4.74 Å². The lowest BCUT2D eigenvalue weighted by atomic mass is 9.96. The summed E-state index contributed by atoms with van der Waals surface area (Å²) < 4.78 is 22.4. The van der Waals surface area contributed by atoms with Gasteiger partial charge in [0.2, 0.25) is 5.75 Å². The molecule has 0 unspecified atom stereocenters. The number of aromatic nitrogens is 1. The summed E-state index contributed by atoms with van der Waals surface area (Å²) >= 11 is 0. The number of benzene rings is 2. The van der Waals surface area contributed by atoms with Crippen LogP contribution >= 0.6 is 0 Å². The van der Waals surface area contributed by atoms with Gasteiger partial charge in [-0.15, -0.1) is 0 Å². The van der Waals surface area contributed by atoms with Crippen LogP contribution in [0, 0.1) is 5.41 Å². The molecule has 0 fully saturated rings. The van der Waals surface area contributed by atoms with Crippen LogP contribution in [0.25, 0.3) is 33.2 Å². The van der Waals surface area contributed by atoms with Crippen molar-refractivity contribution in [3.63, 3.8) is 0 Å². The van der Waals surface area contributed by atoms with E-state index < -0.39 is 11.4 Å². The molecule has 1 aromatic heterocycles. The molecule has 0 bridgehead atoms. The molecule has 0 atom stereocenters. The molecule has 0 radical (unpaired) electrons. The highest BCUT2D eigenvalue weighted by atomic mass is 16.5. The molecule has 1 aliphatic rings. The van der Waals surface area contributed by atoms with E-state index in [2.05, 4.69) is 4.98 Å². The number of nitrogens with zero attached hydrogens (tertiary/aromatic N) is 1. The first-order valence-electron chi connectivity index (χ1n) is 9.90. The fraction of sp³-hybridized carbons (Fsp3) is 0.333. The van der Waals surface area contributed by atoms with E-state index in [-0.39, 0.29) is 13.2 Å². The lowest BCUT2D eigenvalue weighted by Gasteiger charge is -2.21.